The molecule has 1 aliphatic rings. The summed E-state index contributed by atoms with van der Waals surface area (Å²) in [4.78, 5) is 16.1. The molecule has 0 aromatic heterocycles. The number of hydrogen-bond donors (Lipinski definition) is 3. The number of benzene rings is 1. The van der Waals surface area contributed by atoms with Crippen LogP contribution in [0, 0.1) is 6.92 Å². The Balaban J connectivity index is 1.99. The summed E-state index contributed by atoms with van der Waals surface area (Å²) in [6, 6.07) is 5.14. The molecule has 0 saturated heterocycles. The largest absolute Gasteiger partial charge is 0.356 e. The first-order chi connectivity index (χ1) is 9.16. The third-order valence-corrected chi connectivity index (χ3v) is 3.15. The van der Waals surface area contributed by atoms with Crippen LogP contribution in [0.4, 0.5) is 10.5 Å². The molecule has 5 nitrogen and oxygen atoms in total. The fraction of sp³-hybridized carbons (Fsp3) is 0.385. The quantitative estimate of drug-likeness (QED) is 0.740. The van der Waals surface area contributed by atoms with Crippen molar-refractivity contribution in [3.63, 3.8) is 0 Å². The molecule has 0 aliphatic carbocycles. The monoisotopic (exact) mass is 280 g/mol. The van der Waals surface area contributed by atoms with Gasteiger partial charge < -0.3 is 10.6 Å². The molecule has 0 spiro atoms. The van der Waals surface area contributed by atoms with Crippen molar-refractivity contribution in [3.05, 3.63) is 28.8 Å². The lowest BCUT2D eigenvalue weighted by atomic mass is 10.2. The van der Waals surface area contributed by atoms with Gasteiger partial charge in [-0.1, -0.05) is 23.7 Å². The highest BCUT2D eigenvalue weighted by Gasteiger charge is 2.11. The molecule has 1 heterocycles. The van der Waals surface area contributed by atoms with Crippen LogP contribution in [0.3, 0.4) is 0 Å². The van der Waals surface area contributed by atoms with E-state index < -0.39 is 0 Å². The Labute approximate surface area is 117 Å². The number of rotatable bonds is 1. The maximum Gasteiger partial charge on any atom is 0.326 e. The highest BCUT2D eigenvalue weighted by Crippen LogP contribution is 2.24. The number of carbonyl (C=O) groups is 1. The summed E-state index contributed by atoms with van der Waals surface area (Å²) in [5, 5.41) is 9.03. The number of para-hydroxylation sites is 1. The minimum absolute atomic E-state index is 0.343. The van der Waals surface area contributed by atoms with E-state index in [1.165, 1.54) is 0 Å². The van der Waals surface area contributed by atoms with Crippen molar-refractivity contribution < 1.29 is 4.79 Å². The van der Waals surface area contributed by atoms with Gasteiger partial charge in [0.1, 0.15) is 0 Å². The van der Waals surface area contributed by atoms with Crippen molar-refractivity contribution in [3.8, 4) is 0 Å². The summed E-state index contributed by atoms with van der Waals surface area (Å²) in [5.41, 5.74) is 1.54. The molecular weight excluding hydrogens is 264 g/mol. The van der Waals surface area contributed by atoms with Crippen molar-refractivity contribution in [1.29, 1.82) is 0 Å². The fourth-order valence-electron chi connectivity index (χ4n) is 1.82. The van der Waals surface area contributed by atoms with Crippen LogP contribution in [0.2, 0.25) is 5.02 Å². The minimum atomic E-state index is -0.343. The van der Waals surface area contributed by atoms with Crippen molar-refractivity contribution in [1.82, 2.24) is 10.6 Å². The maximum absolute atomic E-state index is 11.9. The molecule has 3 N–H and O–H groups in total. The van der Waals surface area contributed by atoms with Gasteiger partial charge in [-0.05, 0) is 31.4 Å². The van der Waals surface area contributed by atoms with Gasteiger partial charge in [-0.3, -0.25) is 10.3 Å². The average molecular weight is 281 g/mol. The molecule has 1 aromatic carbocycles. The lowest BCUT2D eigenvalue weighted by Gasteiger charge is -2.12. The van der Waals surface area contributed by atoms with E-state index in [1.807, 2.05) is 19.1 Å². The van der Waals surface area contributed by atoms with Gasteiger partial charge in [0, 0.05) is 13.1 Å². The number of urea groups is 1. The molecule has 0 atom stereocenters. The van der Waals surface area contributed by atoms with Crippen molar-refractivity contribution in [2.45, 2.75) is 19.8 Å². The van der Waals surface area contributed by atoms with Gasteiger partial charge >= 0.3 is 6.03 Å². The lowest BCUT2D eigenvalue weighted by Crippen LogP contribution is -2.43. The smallest absolute Gasteiger partial charge is 0.326 e. The molecule has 0 radical (unpaired) electrons. The summed E-state index contributed by atoms with van der Waals surface area (Å²) in [7, 11) is 0. The Morgan fingerprint density at radius 1 is 1.37 bits per heavy atom. The van der Waals surface area contributed by atoms with Crippen LogP contribution in [-0.2, 0) is 0 Å². The number of nitrogens with zero attached hydrogens (tertiary/aromatic N) is 1. The van der Waals surface area contributed by atoms with Crippen molar-refractivity contribution >= 4 is 29.3 Å². The van der Waals surface area contributed by atoms with Gasteiger partial charge in [0.2, 0.25) is 0 Å². The van der Waals surface area contributed by atoms with Gasteiger partial charge in [0.15, 0.2) is 5.96 Å². The SMILES string of the molecule is Cc1cccc(Cl)c1NC(=O)NC1=NCCCCN1. The summed E-state index contributed by atoms with van der Waals surface area (Å²) < 4.78 is 0. The highest BCUT2D eigenvalue weighted by molar-refractivity contribution is 6.34. The number of anilines is 1. The molecule has 1 aromatic rings. The average Bonchev–Trinajstić information content (AvgIpc) is 2.63. The minimum Gasteiger partial charge on any atom is -0.356 e. The van der Waals surface area contributed by atoms with Crippen molar-refractivity contribution in [2.24, 2.45) is 4.99 Å². The fourth-order valence-corrected chi connectivity index (χ4v) is 2.09. The van der Waals surface area contributed by atoms with Crippen LogP contribution in [0.5, 0.6) is 0 Å². The molecule has 0 bridgehead atoms. The van der Waals surface area contributed by atoms with Crippen LogP contribution in [0.15, 0.2) is 23.2 Å². The van der Waals surface area contributed by atoms with E-state index in [4.69, 9.17) is 11.6 Å². The summed E-state index contributed by atoms with van der Waals surface area (Å²) in [5.74, 6) is 0.514. The third kappa shape index (κ3) is 3.86. The van der Waals surface area contributed by atoms with Gasteiger partial charge in [0.05, 0.1) is 10.7 Å². The number of halogens is 1. The molecule has 0 fully saturated rings. The van der Waals surface area contributed by atoms with Gasteiger partial charge in [-0.2, -0.15) is 0 Å². The zero-order chi connectivity index (χ0) is 13.7. The first kappa shape index (κ1) is 13.7. The number of guanidine groups is 1. The second-order valence-corrected chi connectivity index (χ2v) is 4.78. The van der Waals surface area contributed by atoms with Crippen LogP contribution < -0.4 is 16.0 Å². The number of nitrogens with one attached hydrogen (secondary N) is 3. The first-order valence-electron chi connectivity index (χ1n) is 6.28. The molecule has 0 unspecified atom stereocenters. The third-order valence-electron chi connectivity index (χ3n) is 2.84. The highest BCUT2D eigenvalue weighted by atomic mass is 35.5. The molecular formula is C13H17ClN4O. The Bertz CT molecular complexity index is 481. The molecule has 102 valence electrons. The van der Waals surface area contributed by atoms with E-state index in [1.54, 1.807) is 6.07 Å². The van der Waals surface area contributed by atoms with Crippen LogP contribution in [0.1, 0.15) is 18.4 Å². The number of hydrogen-bond acceptors (Lipinski definition) is 3. The topological polar surface area (TPSA) is 65.5 Å². The van der Waals surface area contributed by atoms with E-state index in [9.17, 15) is 4.79 Å². The molecule has 1 aliphatic heterocycles. The van der Waals surface area contributed by atoms with Crippen molar-refractivity contribution in [2.75, 3.05) is 18.4 Å². The second-order valence-electron chi connectivity index (χ2n) is 4.38. The van der Waals surface area contributed by atoms with E-state index >= 15 is 0 Å². The molecule has 6 heteroatoms. The van der Waals surface area contributed by atoms with Crippen LogP contribution in [0.25, 0.3) is 0 Å². The summed E-state index contributed by atoms with van der Waals surface area (Å²) in [6.07, 6.45) is 2.09. The standard InChI is InChI=1S/C13H17ClN4O/c1-9-5-4-6-10(14)11(9)17-13(19)18-12-15-7-2-3-8-16-12/h4-6H,2-3,7-8H2,1H3,(H3,15,16,17,18,19). The Morgan fingerprint density at radius 3 is 3.00 bits per heavy atom. The number of carbonyl (C=O) groups excluding carboxylic acids is 1. The zero-order valence-corrected chi connectivity index (χ0v) is 11.5. The van der Waals surface area contributed by atoms with E-state index in [2.05, 4.69) is 20.9 Å². The lowest BCUT2D eigenvalue weighted by molar-refractivity contribution is 0.256. The normalized spacial score (nSPS) is 14.9. The predicted octanol–water partition coefficient (Wildman–Crippen LogP) is 2.51. The number of aryl methyl sites for hydroxylation is 1. The summed E-state index contributed by atoms with van der Waals surface area (Å²) in [6.45, 7) is 3.45. The van der Waals surface area contributed by atoms with Gasteiger partial charge in [0.25, 0.3) is 0 Å². The zero-order valence-electron chi connectivity index (χ0n) is 10.8. The molecule has 2 amide bonds. The second kappa shape index (κ2) is 6.43. The van der Waals surface area contributed by atoms with E-state index in [0.717, 1.165) is 31.5 Å². The number of aliphatic imine (C=N–C) groups is 1. The molecule has 0 saturated carbocycles. The van der Waals surface area contributed by atoms with E-state index in [0.29, 0.717) is 16.7 Å². The summed E-state index contributed by atoms with van der Waals surface area (Å²) >= 11 is 6.05. The van der Waals surface area contributed by atoms with Crippen LogP contribution >= 0.6 is 11.6 Å². The molecule has 19 heavy (non-hydrogen) atoms. The Hall–Kier alpha value is -1.75. The maximum atomic E-state index is 11.9. The Kier molecular flexibility index (Phi) is 4.63. The Morgan fingerprint density at radius 2 is 2.21 bits per heavy atom. The van der Waals surface area contributed by atoms with Gasteiger partial charge in [-0.25, -0.2) is 4.79 Å². The predicted molar refractivity (Wildman–Crippen MR) is 77.9 cm³/mol. The first-order valence-corrected chi connectivity index (χ1v) is 6.66. The molecule has 2 rings (SSSR count). The van der Waals surface area contributed by atoms with E-state index in [-0.39, 0.29) is 6.03 Å². The van der Waals surface area contributed by atoms with Gasteiger partial charge in [-0.15, -0.1) is 0 Å². The van der Waals surface area contributed by atoms with Crippen LogP contribution in [-0.4, -0.2) is 25.1 Å². The number of amides is 2.